The first-order valence-electron chi connectivity index (χ1n) is 10.7. The van der Waals surface area contributed by atoms with Crippen LogP contribution in [0.25, 0.3) is 21.8 Å². The quantitative estimate of drug-likeness (QED) is 0.397. The van der Waals surface area contributed by atoms with Crippen molar-refractivity contribution in [3.05, 3.63) is 86.8 Å². The van der Waals surface area contributed by atoms with Crippen molar-refractivity contribution < 1.29 is 9.53 Å². The Bertz CT molecular complexity index is 1380. The summed E-state index contributed by atoms with van der Waals surface area (Å²) >= 11 is 1.50. The summed E-state index contributed by atoms with van der Waals surface area (Å²) in [5, 5.41) is 13.3. The first kappa shape index (κ1) is 23.1. The normalized spacial score (nSPS) is 10.7. The van der Waals surface area contributed by atoms with Crippen LogP contribution in [0.5, 0.6) is 5.75 Å². The largest absolute Gasteiger partial charge is 0.494 e. The van der Waals surface area contributed by atoms with Crippen LogP contribution in [-0.2, 0) is 17.9 Å². The molecule has 0 spiro atoms. The number of nitrogens with zero attached hydrogens (tertiary/aromatic N) is 4. The number of carbonyl (C=O) groups excluding carboxylic acids is 1. The van der Waals surface area contributed by atoms with Gasteiger partial charge in [0, 0.05) is 24.2 Å². The third-order valence-corrected chi connectivity index (χ3v) is 5.80. The molecule has 4 aromatic rings. The highest BCUT2D eigenvalue weighted by atomic mass is 32.1. The zero-order chi connectivity index (χ0) is 23.9. The van der Waals surface area contributed by atoms with Gasteiger partial charge in [0.15, 0.2) is 0 Å². The summed E-state index contributed by atoms with van der Waals surface area (Å²) in [5.74, 6) is 0.380. The Labute approximate surface area is 199 Å². The maximum absolute atomic E-state index is 12.4. The van der Waals surface area contributed by atoms with E-state index in [4.69, 9.17) is 4.74 Å². The lowest BCUT2D eigenvalue weighted by Crippen LogP contribution is -2.36. The third kappa shape index (κ3) is 5.65. The van der Waals surface area contributed by atoms with Crippen LogP contribution in [-0.4, -0.2) is 38.6 Å². The first-order chi connectivity index (χ1) is 16.5. The van der Waals surface area contributed by atoms with Crippen LogP contribution in [0.3, 0.4) is 0 Å². The van der Waals surface area contributed by atoms with Crippen LogP contribution < -0.4 is 21.2 Å². The summed E-state index contributed by atoms with van der Waals surface area (Å²) in [5.41, 5.74) is 1.47. The standard InChI is InChI=1S/C24H23N5O4S/c1-2-33-18-7-5-17(6-8-18)19-9-11-23(31)28(26-19)14-13-25-22(30)16-29-24(32)12-10-20(27-29)21-4-3-15-34-21/h3-12,15H,2,13-14,16H2,1H3,(H,25,30). The Balaban J connectivity index is 1.37. The second-order valence-electron chi connectivity index (χ2n) is 7.28. The average Bonchev–Trinajstić information content (AvgIpc) is 3.38. The zero-order valence-corrected chi connectivity index (χ0v) is 19.3. The van der Waals surface area contributed by atoms with Gasteiger partial charge in [-0.1, -0.05) is 6.07 Å². The topological polar surface area (TPSA) is 108 Å². The van der Waals surface area contributed by atoms with Crippen molar-refractivity contribution in [2.75, 3.05) is 13.2 Å². The molecule has 34 heavy (non-hydrogen) atoms. The number of amides is 1. The predicted molar refractivity (Wildman–Crippen MR) is 130 cm³/mol. The minimum atomic E-state index is -0.381. The fourth-order valence-corrected chi connectivity index (χ4v) is 3.95. The predicted octanol–water partition coefficient (Wildman–Crippen LogP) is 2.41. The Morgan fingerprint density at radius 3 is 2.35 bits per heavy atom. The molecule has 0 saturated heterocycles. The number of hydrogen-bond acceptors (Lipinski definition) is 7. The van der Waals surface area contributed by atoms with Gasteiger partial charge in [-0.25, -0.2) is 9.36 Å². The number of benzene rings is 1. The maximum Gasteiger partial charge on any atom is 0.267 e. The molecular weight excluding hydrogens is 454 g/mol. The van der Waals surface area contributed by atoms with Crippen molar-refractivity contribution in [3.63, 3.8) is 0 Å². The van der Waals surface area contributed by atoms with E-state index in [1.165, 1.54) is 28.2 Å². The van der Waals surface area contributed by atoms with Gasteiger partial charge in [0.25, 0.3) is 11.1 Å². The van der Waals surface area contributed by atoms with E-state index in [1.807, 2.05) is 48.7 Å². The Morgan fingerprint density at radius 2 is 1.65 bits per heavy atom. The fraction of sp³-hybridized carbons (Fsp3) is 0.208. The van der Waals surface area contributed by atoms with Crippen LogP contribution in [0.15, 0.2) is 75.6 Å². The molecule has 0 aliphatic rings. The number of aromatic nitrogens is 4. The van der Waals surface area contributed by atoms with E-state index in [2.05, 4.69) is 15.5 Å². The van der Waals surface area contributed by atoms with Crippen LogP contribution in [0.4, 0.5) is 0 Å². The van der Waals surface area contributed by atoms with Gasteiger partial charge in [0.05, 0.1) is 23.7 Å². The number of ether oxygens (including phenoxy) is 1. The van der Waals surface area contributed by atoms with Gasteiger partial charge in [-0.2, -0.15) is 10.2 Å². The fourth-order valence-electron chi connectivity index (χ4n) is 3.26. The van der Waals surface area contributed by atoms with Gasteiger partial charge in [0.2, 0.25) is 5.91 Å². The highest BCUT2D eigenvalue weighted by Gasteiger charge is 2.09. The minimum Gasteiger partial charge on any atom is -0.494 e. The third-order valence-electron chi connectivity index (χ3n) is 4.91. The molecule has 9 nitrogen and oxygen atoms in total. The molecule has 0 radical (unpaired) electrons. The SMILES string of the molecule is CCOc1ccc(-c2ccc(=O)n(CCNC(=O)Cn3nc(-c4cccs4)ccc3=O)n2)cc1. The summed E-state index contributed by atoms with van der Waals surface area (Å²) in [7, 11) is 0. The number of rotatable bonds is 9. The van der Waals surface area contributed by atoms with Crippen molar-refractivity contribution in [1.82, 2.24) is 24.9 Å². The van der Waals surface area contributed by atoms with Gasteiger partial charge < -0.3 is 10.1 Å². The summed E-state index contributed by atoms with van der Waals surface area (Å²) in [6.07, 6.45) is 0. The summed E-state index contributed by atoms with van der Waals surface area (Å²) < 4.78 is 7.88. The van der Waals surface area contributed by atoms with Crippen LogP contribution >= 0.6 is 11.3 Å². The van der Waals surface area contributed by atoms with Crippen molar-refractivity contribution in [2.24, 2.45) is 0 Å². The van der Waals surface area contributed by atoms with Crippen molar-refractivity contribution in [3.8, 4) is 27.6 Å². The second-order valence-corrected chi connectivity index (χ2v) is 8.23. The molecule has 0 fully saturated rings. The lowest BCUT2D eigenvalue weighted by molar-refractivity contribution is -0.121. The van der Waals surface area contributed by atoms with Crippen LogP contribution in [0.1, 0.15) is 6.92 Å². The maximum atomic E-state index is 12.4. The zero-order valence-electron chi connectivity index (χ0n) is 18.5. The number of thiophene rings is 1. The lowest BCUT2D eigenvalue weighted by Gasteiger charge is -2.10. The van der Waals surface area contributed by atoms with E-state index in [1.54, 1.807) is 12.1 Å². The van der Waals surface area contributed by atoms with Crippen LogP contribution in [0, 0.1) is 0 Å². The molecule has 0 atom stereocenters. The Kier molecular flexibility index (Phi) is 7.28. The molecule has 0 aliphatic carbocycles. The van der Waals surface area contributed by atoms with Gasteiger partial charge in [-0.05, 0) is 54.8 Å². The summed E-state index contributed by atoms with van der Waals surface area (Å²) in [6, 6.07) is 17.4. The molecular formula is C24H23N5O4S. The molecule has 0 saturated carbocycles. The number of hydrogen-bond donors (Lipinski definition) is 1. The average molecular weight is 478 g/mol. The van der Waals surface area contributed by atoms with Crippen molar-refractivity contribution >= 4 is 17.2 Å². The van der Waals surface area contributed by atoms with E-state index in [0.717, 1.165) is 20.9 Å². The molecule has 4 rings (SSSR count). The van der Waals surface area contributed by atoms with E-state index < -0.39 is 0 Å². The first-order valence-corrected chi connectivity index (χ1v) is 11.6. The molecule has 174 valence electrons. The van der Waals surface area contributed by atoms with E-state index in [9.17, 15) is 14.4 Å². The van der Waals surface area contributed by atoms with E-state index in [-0.39, 0.29) is 36.7 Å². The highest BCUT2D eigenvalue weighted by Crippen LogP contribution is 2.21. The molecule has 10 heteroatoms. The van der Waals surface area contributed by atoms with E-state index in [0.29, 0.717) is 18.0 Å². The number of nitrogens with one attached hydrogen (secondary N) is 1. The van der Waals surface area contributed by atoms with Gasteiger partial charge in [-0.3, -0.25) is 14.4 Å². The van der Waals surface area contributed by atoms with Gasteiger partial charge >= 0.3 is 0 Å². The van der Waals surface area contributed by atoms with E-state index >= 15 is 0 Å². The van der Waals surface area contributed by atoms with Crippen molar-refractivity contribution in [1.29, 1.82) is 0 Å². The van der Waals surface area contributed by atoms with Crippen molar-refractivity contribution in [2.45, 2.75) is 20.0 Å². The number of carbonyl (C=O) groups is 1. The molecule has 0 aliphatic heterocycles. The van der Waals surface area contributed by atoms with Gasteiger partial charge in [-0.15, -0.1) is 11.3 Å². The lowest BCUT2D eigenvalue weighted by atomic mass is 10.1. The Hall–Kier alpha value is -4.05. The molecule has 3 heterocycles. The second kappa shape index (κ2) is 10.7. The molecule has 1 N–H and O–H groups in total. The molecule has 0 bridgehead atoms. The summed E-state index contributed by atoms with van der Waals surface area (Å²) in [4.78, 5) is 37.6. The Morgan fingerprint density at radius 1 is 0.941 bits per heavy atom. The van der Waals surface area contributed by atoms with Gasteiger partial charge in [0.1, 0.15) is 18.0 Å². The minimum absolute atomic E-state index is 0.178. The molecule has 1 aromatic carbocycles. The molecule has 0 unspecified atom stereocenters. The summed E-state index contributed by atoms with van der Waals surface area (Å²) in [6.45, 7) is 2.65. The van der Waals surface area contributed by atoms with Crippen LogP contribution in [0.2, 0.25) is 0 Å². The molecule has 1 amide bonds. The molecule has 3 aromatic heterocycles. The smallest absolute Gasteiger partial charge is 0.267 e. The monoisotopic (exact) mass is 477 g/mol. The highest BCUT2D eigenvalue weighted by molar-refractivity contribution is 7.13.